The monoisotopic (exact) mass is 207 g/mol. The van der Waals surface area contributed by atoms with Gasteiger partial charge in [-0.25, -0.2) is 4.39 Å². The predicted octanol–water partition coefficient (Wildman–Crippen LogP) is 3.23. The summed E-state index contributed by atoms with van der Waals surface area (Å²) in [7, 11) is 0. The Kier molecular flexibility index (Phi) is 2.49. The topological polar surface area (TPSA) is 39.2 Å². The van der Waals surface area contributed by atoms with Crippen molar-refractivity contribution < 1.29 is 8.81 Å². The number of benzene rings is 1. The van der Waals surface area contributed by atoms with Crippen molar-refractivity contribution >= 4 is 11.0 Å². The summed E-state index contributed by atoms with van der Waals surface area (Å²) in [5, 5.41) is 0.891. The highest BCUT2D eigenvalue weighted by Crippen LogP contribution is 2.26. The van der Waals surface area contributed by atoms with Crippen molar-refractivity contribution in [3.8, 4) is 0 Å². The van der Waals surface area contributed by atoms with Crippen molar-refractivity contribution in [1.29, 1.82) is 0 Å². The van der Waals surface area contributed by atoms with Crippen LogP contribution in [0.5, 0.6) is 0 Å². The molecule has 0 aliphatic carbocycles. The molecular formula is C12H14FNO. The molecule has 0 spiro atoms. The molecule has 2 N–H and O–H groups in total. The highest BCUT2D eigenvalue weighted by Gasteiger charge is 2.15. The SMILES string of the molecule is CC(C)[C@@H](N)c1cc2ccc(F)cc2o1. The van der Waals surface area contributed by atoms with E-state index in [1.54, 1.807) is 6.07 Å². The summed E-state index contributed by atoms with van der Waals surface area (Å²) < 4.78 is 18.4. The van der Waals surface area contributed by atoms with Gasteiger partial charge in [0.05, 0.1) is 6.04 Å². The van der Waals surface area contributed by atoms with Gasteiger partial charge in [-0.2, -0.15) is 0 Å². The van der Waals surface area contributed by atoms with Crippen molar-refractivity contribution in [3.05, 3.63) is 35.8 Å². The Morgan fingerprint density at radius 1 is 1.27 bits per heavy atom. The summed E-state index contributed by atoms with van der Waals surface area (Å²) in [5.74, 6) is 0.725. The van der Waals surface area contributed by atoms with Gasteiger partial charge < -0.3 is 10.2 Å². The normalized spacial score (nSPS) is 13.7. The molecule has 0 saturated heterocycles. The van der Waals surface area contributed by atoms with Crippen LogP contribution in [0.3, 0.4) is 0 Å². The molecule has 2 aromatic rings. The van der Waals surface area contributed by atoms with Gasteiger partial charge in [-0.3, -0.25) is 0 Å². The Morgan fingerprint density at radius 2 is 2.00 bits per heavy atom. The van der Waals surface area contributed by atoms with E-state index >= 15 is 0 Å². The van der Waals surface area contributed by atoms with Gasteiger partial charge >= 0.3 is 0 Å². The van der Waals surface area contributed by atoms with Crippen LogP contribution in [0.15, 0.2) is 28.7 Å². The standard InChI is InChI=1S/C12H14FNO/c1-7(2)12(14)11-5-8-3-4-9(13)6-10(8)15-11/h3-7,12H,14H2,1-2H3/t12-/m1/s1. The third-order valence-electron chi connectivity index (χ3n) is 2.55. The maximum Gasteiger partial charge on any atom is 0.137 e. The molecule has 1 atom stereocenters. The first-order valence-corrected chi connectivity index (χ1v) is 5.02. The van der Waals surface area contributed by atoms with Gasteiger partial charge in [-0.15, -0.1) is 0 Å². The van der Waals surface area contributed by atoms with Crippen molar-refractivity contribution in [1.82, 2.24) is 0 Å². The minimum atomic E-state index is -0.290. The zero-order chi connectivity index (χ0) is 11.0. The van der Waals surface area contributed by atoms with Gasteiger partial charge in [-0.05, 0) is 24.1 Å². The zero-order valence-electron chi connectivity index (χ0n) is 8.83. The molecule has 0 saturated carbocycles. The smallest absolute Gasteiger partial charge is 0.137 e. The van der Waals surface area contributed by atoms with Crippen molar-refractivity contribution in [3.63, 3.8) is 0 Å². The van der Waals surface area contributed by atoms with Crippen LogP contribution in [0.2, 0.25) is 0 Å². The summed E-state index contributed by atoms with van der Waals surface area (Å²) in [4.78, 5) is 0. The van der Waals surface area contributed by atoms with Gasteiger partial charge in [0.15, 0.2) is 0 Å². The predicted molar refractivity (Wildman–Crippen MR) is 57.9 cm³/mol. The van der Waals surface area contributed by atoms with Gasteiger partial charge in [-0.1, -0.05) is 13.8 Å². The van der Waals surface area contributed by atoms with E-state index in [0.717, 1.165) is 5.39 Å². The Hall–Kier alpha value is -1.35. The van der Waals surface area contributed by atoms with Crippen LogP contribution in [0.4, 0.5) is 4.39 Å². The average molecular weight is 207 g/mol. The number of hydrogen-bond acceptors (Lipinski definition) is 2. The maximum absolute atomic E-state index is 12.9. The first-order valence-electron chi connectivity index (χ1n) is 5.02. The zero-order valence-corrected chi connectivity index (χ0v) is 8.83. The fourth-order valence-electron chi connectivity index (χ4n) is 1.52. The molecule has 0 bridgehead atoms. The van der Waals surface area contributed by atoms with E-state index in [4.69, 9.17) is 10.2 Å². The first kappa shape index (κ1) is 10.2. The lowest BCUT2D eigenvalue weighted by Gasteiger charge is -2.11. The van der Waals surface area contributed by atoms with Crippen molar-refractivity contribution in [2.75, 3.05) is 0 Å². The number of hydrogen-bond donors (Lipinski definition) is 1. The lowest BCUT2D eigenvalue weighted by molar-refractivity contribution is 0.418. The minimum Gasteiger partial charge on any atom is -0.459 e. The van der Waals surface area contributed by atoms with E-state index in [1.807, 2.05) is 19.9 Å². The Bertz CT molecular complexity index is 475. The quantitative estimate of drug-likeness (QED) is 0.821. The second-order valence-corrected chi connectivity index (χ2v) is 4.10. The summed E-state index contributed by atoms with van der Waals surface area (Å²) in [5.41, 5.74) is 6.51. The molecule has 0 unspecified atom stereocenters. The molecule has 1 aromatic carbocycles. The molecule has 15 heavy (non-hydrogen) atoms. The molecule has 1 aromatic heterocycles. The summed E-state index contributed by atoms with van der Waals surface area (Å²) in [6.45, 7) is 4.05. The average Bonchev–Trinajstić information content (AvgIpc) is 2.58. The summed E-state index contributed by atoms with van der Waals surface area (Å²) in [6.07, 6.45) is 0. The maximum atomic E-state index is 12.9. The first-order chi connectivity index (χ1) is 7.08. The van der Waals surface area contributed by atoms with Crippen molar-refractivity contribution in [2.24, 2.45) is 11.7 Å². The van der Waals surface area contributed by atoms with E-state index in [2.05, 4.69) is 0 Å². The van der Waals surface area contributed by atoms with Gasteiger partial charge in [0.2, 0.25) is 0 Å². The van der Waals surface area contributed by atoms with Crippen LogP contribution >= 0.6 is 0 Å². The highest BCUT2D eigenvalue weighted by molar-refractivity contribution is 5.77. The molecule has 1 heterocycles. The van der Waals surface area contributed by atoms with Crippen LogP contribution in [0, 0.1) is 11.7 Å². The summed E-state index contributed by atoms with van der Waals surface area (Å²) >= 11 is 0. The molecular weight excluding hydrogens is 193 g/mol. The second kappa shape index (κ2) is 3.66. The molecule has 0 fully saturated rings. The number of fused-ring (bicyclic) bond motifs is 1. The fourth-order valence-corrected chi connectivity index (χ4v) is 1.52. The largest absolute Gasteiger partial charge is 0.459 e. The molecule has 3 heteroatoms. The van der Waals surface area contributed by atoms with E-state index in [0.29, 0.717) is 17.3 Å². The van der Waals surface area contributed by atoms with Crippen LogP contribution in [0.1, 0.15) is 25.6 Å². The summed E-state index contributed by atoms with van der Waals surface area (Å²) in [6, 6.07) is 6.24. The second-order valence-electron chi connectivity index (χ2n) is 4.10. The Labute approximate surface area is 87.9 Å². The Balaban J connectivity index is 2.47. The minimum absolute atomic E-state index is 0.138. The Morgan fingerprint density at radius 3 is 2.67 bits per heavy atom. The molecule has 2 nitrogen and oxygen atoms in total. The van der Waals surface area contributed by atoms with Gasteiger partial charge in [0, 0.05) is 11.5 Å². The third kappa shape index (κ3) is 1.88. The van der Waals surface area contributed by atoms with Crippen LogP contribution in [-0.4, -0.2) is 0 Å². The van der Waals surface area contributed by atoms with E-state index in [9.17, 15) is 4.39 Å². The number of furan rings is 1. The van der Waals surface area contributed by atoms with Gasteiger partial charge in [0.1, 0.15) is 17.2 Å². The van der Waals surface area contributed by atoms with Crippen LogP contribution in [0.25, 0.3) is 11.0 Å². The fraction of sp³-hybridized carbons (Fsp3) is 0.333. The molecule has 80 valence electrons. The highest BCUT2D eigenvalue weighted by atomic mass is 19.1. The van der Waals surface area contributed by atoms with E-state index < -0.39 is 0 Å². The van der Waals surface area contributed by atoms with Crippen LogP contribution in [-0.2, 0) is 0 Å². The third-order valence-corrected chi connectivity index (χ3v) is 2.55. The molecule has 0 radical (unpaired) electrons. The van der Waals surface area contributed by atoms with E-state index in [-0.39, 0.29) is 11.9 Å². The molecule has 0 aliphatic rings. The lowest BCUT2D eigenvalue weighted by atomic mass is 10.0. The molecule has 2 rings (SSSR count). The van der Waals surface area contributed by atoms with Crippen molar-refractivity contribution in [2.45, 2.75) is 19.9 Å². The molecule has 0 aliphatic heterocycles. The number of halogens is 1. The van der Waals surface area contributed by atoms with Crippen LogP contribution < -0.4 is 5.73 Å². The molecule has 0 amide bonds. The number of rotatable bonds is 2. The van der Waals surface area contributed by atoms with E-state index in [1.165, 1.54) is 12.1 Å². The van der Waals surface area contributed by atoms with Gasteiger partial charge in [0.25, 0.3) is 0 Å². The number of nitrogens with two attached hydrogens (primary N) is 1. The lowest BCUT2D eigenvalue weighted by Crippen LogP contribution is -2.15.